The average Bonchev–Trinajstić information content (AvgIpc) is 2.72. The van der Waals surface area contributed by atoms with E-state index in [1.165, 1.54) is 17.4 Å². The molecular weight excluding hydrogens is 421 g/mol. The summed E-state index contributed by atoms with van der Waals surface area (Å²) in [7, 11) is -3.76. The number of primary sulfonamides is 1. The molecular formula is C10H9ClIN3O2S2. The number of thiazole rings is 1. The second kappa shape index (κ2) is 5.92. The standard InChI is InChI=1S/C10H9ClIN3O2S2/c11-10-15-5-7(18-10)4-14-8-2-1-6(12)3-9(8)19(13,16)17/h1-3,5,14H,4H2,(H2,13,16,17). The quantitative estimate of drug-likeness (QED) is 0.732. The van der Waals surface area contributed by atoms with Gasteiger partial charge in [0.1, 0.15) is 4.90 Å². The fourth-order valence-corrected chi connectivity index (χ4v) is 3.78. The average molecular weight is 430 g/mol. The largest absolute Gasteiger partial charge is 0.379 e. The molecule has 9 heteroatoms. The molecule has 102 valence electrons. The Balaban J connectivity index is 2.25. The highest BCUT2D eigenvalue weighted by molar-refractivity contribution is 14.1. The second-order valence-electron chi connectivity index (χ2n) is 3.62. The topological polar surface area (TPSA) is 85.1 Å². The Morgan fingerprint density at radius 3 is 2.79 bits per heavy atom. The van der Waals surface area contributed by atoms with Crippen molar-refractivity contribution < 1.29 is 8.42 Å². The second-order valence-corrected chi connectivity index (χ2v) is 8.09. The van der Waals surface area contributed by atoms with E-state index in [0.29, 0.717) is 16.7 Å². The molecule has 0 atom stereocenters. The van der Waals surface area contributed by atoms with Gasteiger partial charge in [-0.05, 0) is 40.8 Å². The van der Waals surface area contributed by atoms with Crippen molar-refractivity contribution in [3.63, 3.8) is 0 Å². The van der Waals surface area contributed by atoms with Crippen LogP contribution in [0.3, 0.4) is 0 Å². The Morgan fingerprint density at radius 1 is 1.47 bits per heavy atom. The van der Waals surface area contributed by atoms with Gasteiger partial charge >= 0.3 is 0 Å². The number of nitrogens with two attached hydrogens (primary N) is 1. The number of anilines is 1. The van der Waals surface area contributed by atoms with E-state index in [2.05, 4.69) is 10.3 Å². The Morgan fingerprint density at radius 2 is 2.21 bits per heavy atom. The molecule has 2 aromatic rings. The predicted octanol–water partition coefficient (Wildman–Crippen LogP) is 2.66. The molecule has 0 aliphatic heterocycles. The number of nitrogens with zero attached hydrogens (tertiary/aromatic N) is 1. The summed E-state index contributed by atoms with van der Waals surface area (Å²) in [6, 6.07) is 5.01. The first-order chi connectivity index (χ1) is 8.86. The summed E-state index contributed by atoms with van der Waals surface area (Å²) < 4.78 is 24.3. The molecule has 0 amide bonds. The van der Waals surface area contributed by atoms with E-state index in [1.54, 1.807) is 18.3 Å². The molecule has 0 aliphatic carbocycles. The molecule has 0 radical (unpaired) electrons. The van der Waals surface area contributed by atoms with Gasteiger partial charge in [-0.3, -0.25) is 0 Å². The molecule has 0 saturated carbocycles. The number of rotatable bonds is 4. The molecule has 19 heavy (non-hydrogen) atoms. The first kappa shape index (κ1) is 15.0. The third-order valence-electron chi connectivity index (χ3n) is 2.23. The first-order valence-electron chi connectivity index (χ1n) is 5.02. The van der Waals surface area contributed by atoms with Crippen molar-refractivity contribution in [3.8, 4) is 0 Å². The minimum Gasteiger partial charge on any atom is -0.379 e. The third-order valence-corrected chi connectivity index (χ3v) is 4.97. The van der Waals surface area contributed by atoms with E-state index in [0.717, 1.165) is 8.45 Å². The number of benzene rings is 1. The van der Waals surface area contributed by atoms with Crippen LogP contribution in [0.25, 0.3) is 0 Å². The van der Waals surface area contributed by atoms with Gasteiger partial charge in [0.15, 0.2) is 4.47 Å². The van der Waals surface area contributed by atoms with Crippen molar-refractivity contribution in [2.45, 2.75) is 11.4 Å². The summed E-state index contributed by atoms with van der Waals surface area (Å²) in [6.07, 6.45) is 1.64. The molecule has 2 rings (SSSR count). The van der Waals surface area contributed by atoms with Gasteiger partial charge in [-0.2, -0.15) is 0 Å². The van der Waals surface area contributed by atoms with Crippen molar-refractivity contribution >= 4 is 61.2 Å². The maximum atomic E-state index is 11.5. The lowest BCUT2D eigenvalue weighted by Gasteiger charge is -2.10. The lowest BCUT2D eigenvalue weighted by Crippen LogP contribution is -2.15. The van der Waals surface area contributed by atoms with Crippen molar-refractivity contribution in [1.29, 1.82) is 0 Å². The molecule has 0 fully saturated rings. The van der Waals surface area contributed by atoms with Crippen LogP contribution >= 0.6 is 45.5 Å². The van der Waals surface area contributed by atoms with Crippen LogP contribution in [0.2, 0.25) is 4.47 Å². The Bertz CT molecular complexity index is 703. The Hall–Kier alpha value is -0.420. The lowest BCUT2D eigenvalue weighted by molar-refractivity contribution is 0.598. The zero-order valence-electron chi connectivity index (χ0n) is 9.43. The smallest absolute Gasteiger partial charge is 0.240 e. The number of halogens is 2. The highest BCUT2D eigenvalue weighted by atomic mass is 127. The monoisotopic (exact) mass is 429 g/mol. The number of hydrogen-bond donors (Lipinski definition) is 2. The van der Waals surface area contributed by atoms with Crippen LogP contribution in [0.1, 0.15) is 4.88 Å². The maximum absolute atomic E-state index is 11.5. The number of hydrogen-bond acceptors (Lipinski definition) is 5. The Labute approximate surface area is 133 Å². The molecule has 1 heterocycles. The van der Waals surface area contributed by atoms with E-state index in [9.17, 15) is 8.42 Å². The van der Waals surface area contributed by atoms with E-state index >= 15 is 0 Å². The summed E-state index contributed by atoms with van der Waals surface area (Å²) in [4.78, 5) is 4.90. The maximum Gasteiger partial charge on any atom is 0.240 e. The van der Waals surface area contributed by atoms with Gasteiger partial charge < -0.3 is 5.32 Å². The normalized spacial score (nSPS) is 11.5. The van der Waals surface area contributed by atoms with E-state index in [1.807, 2.05) is 22.6 Å². The zero-order valence-corrected chi connectivity index (χ0v) is 14.0. The van der Waals surface area contributed by atoms with E-state index in [4.69, 9.17) is 16.7 Å². The molecule has 0 spiro atoms. The third kappa shape index (κ3) is 4.02. The summed E-state index contributed by atoms with van der Waals surface area (Å²) in [5.41, 5.74) is 0.465. The molecule has 5 nitrogen and oxygen atoms in total. The van der Waals surface area contributed by atoms with Crippen LogP contribution in [-0.4, -0.2) is 13.4 Å². The molecule has 1 aromatic carbocycles. The molecule has 0 aliphatic rings. The van der Waals surface area contributed by atoms with Crippen LogP contribution < -0.4 is 10.5 Å². The molecule has 0 bridgehead atoms. The summed E-state index contributed by atoms with van der Waals surface area (Å²) in [5.74, 6) is 0. The lowest BCUT2D eigenvalue weighted by atomic mass is 10.3. The van der Waals surface area contributed by atoms with Gasteiger partial charge in [-0.1, -0.05) is 11.6 Å². The van der Waals surface area contributed by atoms with Crippen LogP contribution in [0.4, 0.5) is 5.69 Å². The van der Waals surface area contributed by atoms with Gasteiger partial charge in [0.2, 0.25) is 10.0 Å². The molecule has 1 aromatic heterocycles. The fourth-order valence-electron chi connectivity index (χ4n) is 1.43. The van der Waals surface area contributed by atoms with Gasteiger partial charge in [-0.25, -0.2) is 18.5 Å². The number of nitrogens with one attached hydrogen (secondary N) is 1. The van der Waals surface area contributed by atoms with E-state index in [-0.39, 0.29) is 4.90 Å². The van der Waals surface area contributed by atoms with Gasteiger partial charge in [0, 0.05) is 14.6 Å². The molecule has 0 unspecified atom stereocenters. The van der Waals surface area contributed by atoms with Crippen LogP contribution in [-0.2, 0) is 16.6 Å². The van der Waals surface area contributed by atoms with E-state index < -0.39 is 10.0 Å². The minimum absolute atomic E-state index is 0.0787. The Kier molecular flexibility index (Phi) is 4.66. The summed E-state index contributed by atoms with van der Waals surface area (Å²) >= 11 is 9.09. The van der Waals surface area contributed by atoms with Crippen molar-refractivity contribution in [3.05, 3.63) is 37.3 Å². The fraction of sp³-hybridized carbons (Fsp3) is 0.100. The highest BCUT2D eigenvalue weighted by Gasteiger charge is 2.14. The van der Waals surface area contributed by atoms with Crippen LogP contribution in [0.5, 0.6) is 0 Å². The molecule has 3 N–H and O–H groups in total. The highest BCUT2D eigenvalue weighted by Crippen LogP contribution is 2.24. The zero-order chi connectivity index (χ0) is 14.0. The predicted molar refractivity (Wildman–Crippen MR) is 85.0 cm³/mol. The van der Waals surface area contributed by atoms with Crippen molar-refractivity contribution in [2.75, 3.05) is 5.32 Å². The van der Waals surface area contributed by atoms with Crippen molar-refractivity contribution in [2.24, 2.45) is 5.14 Å². The SMILES string of the molecule is NS(=O)(=O)c1cc(I)ccc1NCc1cnc(Cl)s1. The molecule has 0 saturated heterocycles. The van der Waals surface area contributed by atoms with Gasteiger partial charge in [0.05, 0.1) is 12.2 Å². The summed E-state index contributed by atoms with van der Waals surface area (Å²) in [5, 5.41) is 8.22. The minimum atomic E-state index is -3.76. The van der Waals surface area contributed by atoms with Gasteiger partial charge in [-0.15, -0.1) is 11.3 Å². The first-order valence-corrected chi connectivity index (χ1v) is 8.84. The number of sulfonamides is 1. The summed E-state index contributed by atoms with van der Waals surface area (Å²) in [6.45, 7) is 0.438. The van der Waals surface area contributed by atoms with Gasteiger partial charge in [0.25, 0.3) is 0 Å². The van der Waals surface area contributed by atoms with Crippen molar-refractivity contribution in [1.82, 2.24) is 4.98 Å². The van der Waals surface area contributed by atoms with Crippen LogP contribution in [0.15, 0.2) is 29.3 Å². The number of aromatic nitrogens is 1. The van der Waals surface area contributed by atoms with Crippen LogP contribution in [0, 0.1) is 3.57 Å².